The molecule has 3 N–H and O–H groups in total. The van der Waals surface area contributed by atoms with Crippen molar-refractivity contribution in [3.8, 4) is 5.82 Å². The minimum Gasteiger partial charge on any atom is -0.375 e. The summed E-state index contributed by atoms with van der Waals surface area (Å²) in [6.07, 6.45) is -0.624. The SMILES string of the molecule is CO[C@@H](C)c1c(NC(=O)Nc2cnc(-n3cc(NC(C)=O)cn3)c(C(F)(F)F)c2)cnc2cc(Cl)nn12. The molecule has 0 fully saturated rings. The lowest BCUT2D eigenvalue weighted by Gasteiger charge is -2.17. The van der Waals surface area contributed by atoms with Crippen molar-refractivity contribution in [2.45, 2.75) is 26.1 Å². The molecule has 4 heterocycles. The lowest BCUT2D eigenvalue weighted by molar-refractivity contribution is -0.137. The van der Waals surface area contributed by atoms with Crippen LogP contribution in [0.15, 0.2) is 36.9 Å². The quantitative estimate of drug-likeness (QED) is 0.333. The van der Waals surface area contributed by atoms with E-state index in [9.17, 15) is 22.8 Å². The second-order valence-corrected chi connectivity index (χ2v) is 8.09. The highest BCUT2D eigenvalue weighted by atomic mass is 35.5. The first-order chi connectivity index (χ1) is 17.5. The molecule has 0 saturated carbocycles. The van der Waals surface area contributed by atoms with Crippen molar-refractivity contribution in [3.05, 3.63) is 53.3 Å². The van der Waals surface area contributed by atoms with Crippen LogP contribution in [0, 0.1) is 0 Å². The molecule has 0 unspecified atom stereocenters. The summed E-state index contributed by atoms with van der Waals surface area (Å²) in [7, 11) is 1.45. The maximum Gasteiger partial charge on any atom is 0.420 e. The van der Waals surface area contributed by atoms with Gasteiger partial charge in [0.2, 0.25) is 5.91 Å². The Morgan fingerprint density at radius 1 is 1.08 bits per heavy atom. The van der Waals surface area contributed by atoms with Gasteiger partial charge >= 0.3 is 12.2 Å². The van der Waals surface area contributed by atoms with Crippen molar-refractivity contribution in [2.75, 3.05) is 23.1 Å². The van der Waals surface area contributed by atoms with E-state index in [1.54, 1.807) is 6.92 Å². The zero-order valence-electron chi connectivity index (χ0n) is 19.5. The Morgan fingerprint density at radius 2 is 1.84 bits per heavy atom. The molecule has 16 heteroatoms. The molecule has 37 heavy (non-hydrogen) atoms. The van der Waals surface area contributed by atoms with Crippen LogP contribution in [-0.4, -0.2) is 48.4 Å². The minimum absolute atomic E-state index is 0.172. The molecule has 3 amide bonds. The normalized spacial score (nSPS) is 12.4. The molecule has 0 aliphatic rings. The number of halogens is 4. The minimum atomic E-state index is -4.83. The number of anilines is 3. The molecule has 0 spiro atoms. The van der Waals surface area contributed by atoms with Gasteiger partial charge in [-0.05, 0) is 13.0 Å². The van der Waals surface area contributed by atoms with Crippen molar-refractivity contribution >= 4 is 46.2 Å². The standard InChI is InChI=1S/C21H19ClF3N9O3/c1-10(37-3)18-15(8-26-17-5-16(22)32-34(17)18)31-20(36)30-12-4-14(21(23,24)25)19(27-6-12)33-9-13(7-28-33)29-11(2)35/h4-10H,1-3H3,(H,29,35)(H2,30,31,36)/t10-/m0/s1. The van der Waals surface area contributed by atoms with Crippen LogP contribution in [-0.2, 0) is 15.7 Å². The van der Waals surface area contributed by atoms with E-state index in [0.29, 0.717) is 11.3 Å². The van der Waals surface area contributed by atoms with Crippen molar-refractivity contribution in [1.29, 1.82) is 0 Å². The van der Waals surface area contributed by atoms with Crippen LogP contribution in [0.2, 0.25) is 5.15 Å². The maximum absolute atomic E-state index is 13.8. The number of carbonyl (C=O) groups is 2. The van der Waals surface area contributed by atoms with Gasteiger partial charge in [0.15, 0.2) is 16.6 Å². The number of alkyl halides is 3. The summed E-state index contributed by atoms with van der Waals surface area (Å²) in [5.74, 6) is -0.960. The first-order valence-corrected chi connectivity index (χ1v) is 10.9. The summed E-state index contributed by atoms with van der Waals surface area (Å²) >= 11 is 5.96. The maximum atomic E-state index is 13.8. The van der Waals surface area contributed by atoms with E-state index in [0.717, 1.165) is 16.9 Å². The molecular formula is C21H19ClF3N9O3. The summed E-state index contributed by atoms with van der Waals surface area (Å²) in [6.45, 7) is 2.96. The third-order valence-electron chi connectivity index (χ3n) is 5.03. The number of carbonyl (C=O) groups excluding carboxylic acids is 2. The van der Waals surface area contributed by atoms with E-state index < -0.39 is 35.6 Å². The van der Waals surface area contributed by atoms with E-state index in [-0.39, 0.29) is 22.2 Å². The number of hydrogen-bond acceptors (Lipinski definition) is 7. The third-order valence-corrected chi connectivity index (χ3v) is 5.21. The summed E-state index contributed by atoms with van der Waals surface area (Å²) in [5.41, 5.74) is -0.195. The lowest BCUT2D eigenvalue weighted by Crippen LogP contribution is -2.23. The number of fused-ring (bicyclic) bond motifs is 1. The number of nitrogens with zero attached hydrogens (tertiary/aromatic N) is 6. The van der Waals surface area contributed by atoms with E-state index in [1.165, 1.54) is 43.2 Å². The highest BCUT2D eigenvalue weighted by Gasteiger charge is 2.36. The monoisotopic (exact) mass is 537 g/mol. The Balaban J connectivity index is 1.61. The number of pyridine rings is 1. The molecular weight excluding hydrogens is 519 g/mol. The molecule has 194 valence electrons. The van der Waals surface area contributed by atoms with E-state index >= 15 is 0 Å². The Morgan fingerprint density at radius 3 is 2.51 bits per heavy atom. The topological polar surface area (TPSA) is 140 Å². The van der Waals surface area contributed by atoms with Gasteiger partial charge < -0.3 is 20.7 Å². The predicted octanol–water partition coefficient (Wildman–Crippen LogP) is 4.29. The highest BCUT2D eigenvalue weighted by molar-refractivity contribution is 6.29. The summed E-state index contributed by atoms with van der Waals surface area (Å²) < 4.78 is 49.1. The van der Waals surface area contributed by atoms with Crippen LogP contribution >= 0.6 is 11.6 Å². The second-order valence-electron chi connectivity index (χ2n) is 7.70. The van der Waals surface area contributed by atoms with Crippen LogP contribution in [0.3, 0.4) is 0 Å². The molecule has 4 rings (SSSR count). The third kappa shape index (κ3) is 5.62. The van der Waals surface area contributed by atoms with Gasteiger partial charge in [0, 0.05) is 20.1 Å². The number of nitrogens with one attached hydrogen (secondary N) is 3. The zero-order chi connectivity index (χ0) is 26.9. The summed E-state index contributed by atoms with van der Waals surface area (Å²) in [6, 6.07) is 1.37. The molecule has 4 aromatic rings. The number of aromatic nitrogens is 6. The number of hydrogen-bond donors (Lipinski definition) is 3. The van der Waals surface area contributed by atoms with Gasteiger partial charge in [-0.2, -0.15) is 23.4 Å². The van der Waals surface area contributed by atoms with Crippen molar-refractivity contribution in [1.82, 2.24) is 29.4 Å². The predicted molar refractivity (Wildman–Crippen MR) is 127 cm³/mol. The number of urea groups is 1. The van der Waals surface area contributed by atoms with Gasteiger partial charge in [0.25, 0.3) is 0 Å². The molecule has 12 nitrogen and oxygen atoms in total. The Hall–Kier alpha value is -4.24. The van der Waals surface area contributed by atoms with Gasteiger partial charge in [-0.15, -0.1) is 0 Å². The van der Waals surface area contributed by atoms with E-state index in [4.69, 9.17) is 16.3 Å². The van der Waals surface area contributed by atoms with Gasteiger partial charge in [-0.1, -0.05) is 11.6 Å². The van der Waals surface area contributed by atoms with E-state index in [1.807, 2.05) is 0 Å². The van der Waals surface area contributed by atoms with Crippen LogP contribution in [0.1, 0.15) is 31.2 Å². The average molecular weight is 538 g/mol. The fraction of sp³-hybridized carbons (Fsp3) is 0.238. The number of amides is 3. The molecule has 0 aliphatic carbocycles. The first kappa shape index (κ1) is 25.8. The smallest absolute Gasteiger partial charge is 0.375 e. The molecule has 0 saturated heterocycles. The molecule has 0 bridgehead atoms. The van der Waals surface area contributed by atoms with Crippen LogP contribution < -0.4 is 16.0 Å². The van der Waals surface area contributed by atoms with Gasteiger partial charge in [-0.25, -0.2) is 24.0 Å². The second kappa shape index (κ2) is 10.0. The average Bonchev–Trinajstić information content (AvgIpc) is 3.43. The Bertz CT molecular complexity index is 1490. The van der Waals surface area contributed by atoms with Gasteiger partial charge in [-0.3, -0.25) is 4.79 Å². The molecule has 1 atom stereocenters. The Kier molecular flexibility index (Phi) is 7.00. The summed E-state index contributed by atoms with van der Waals surface area (Å²) in [4.78, 5) is 31.9. The lowest BCUT2D eigenvalue weighted by atomic mass is 10.2. The fourth-order valence-electron chi connectivity index (χ4n) is 3.43. The van der Waals surface area contributed by atoms with Crippen molar-refractivity contribution < 1.29 is 27.5 Å². The molecule has 0 radical (unpaired) electrons. The van der Waals surface area contributed by atoms with Crippen LogP contribution in [0.5, 0.6) is 0 Å². The molecule has 0 aromatic carbocycles. The fourth-order valence-corrected chi connectivity index (χ4v) is 3.60. The first-order valence-electron chi connectivity index (χ1n) is 10.5. The Labute approximate surface area is 211 Å². The largest absolute Gasteiger partial charge is 0.420 e. The van der Waals surface area contributed by atoms with Crippen molar-refractivity contribution in [2.24, 2.45) is 0 Å². The van der Waals surface area contributed by atoms with Crippen LogP contribution in [0.25, 0.3) is 11.5 Å². The number of methoxy groups -OCH3 is 1. The van der Waals surface area contributed by atoms with Crippen molar-refractivity contribution in [3.63, 3.8) is 0 Å². The van der Waals surface area contributed by atoms with E-state index in [2.05, 4.69) is 36.1 Å². The zero-order valence-corrected chi connectivity index (χ0v) is 20.2. The van der Waals surface area contributed by atoms with Gasteiger partial charge in [0.1, 0.15) is 5.56 Å². The van der Waals surface area contributed by atoms with Crippen LogP contribution in [0.4, 0.5) is 35.0 Å². The highest BCUT2D eigenvalue weighted by Crippen LogP contribution is 2.35. The number of rotatable bonds is 6. The van der Waals surface area contributed by atoms with Gasteiger partial charge in [0.05, 0.1) is 53.6 Å². The summed E-state index contributed by atoms with van der Waals surface area (Å²) in [5, 5.41) is 15.4. The molecule has 0 aliphatic heterocycles. The molecule has 4 aromatic heterocycles. The number of ether oxygens (including phenoxy) is 1.